The molecule has 2 unspecified atom stereocenters. The molecule has 3 rings (SSSR count). The van der Waals surface area contributed by atoms with Crippen LogP contribution in [0.5, 0.6) is 5.75 Å². The van der Waals surface area contributed by atoms with Crippen LogP contribution in [0, 0.1) is 5.92 Å². The van der Waals surface area contributed by atoms with E-state index in [-0.39, 0.29) is 10.8 Å². The molecular formula is C15H15NO6S2. The first-order valence-corrected chi connectivity index (χ1v) is 9.51. The zero-order chi connectivity index (χ0) is 17.6. The van der Waals surface area contributed by atoms with E-state index in [1.165, 1.54) is 6.92 Å². The Balaban J connectivity index is 1.84. The Hall–Kier alpha value is -1.68. The molecule has 1 aromatic carbocycles. The van der Waals surface area contributed by atoms with Crippen molar-refractivity contribution in [2.45, 2.75) is 23.3 Å². The van der Waals surface area contributed by atoms with Gasteiger partial charge in [-0.1, -0.05) is 11.8 Å². The van der Waals surface area contributed by atoms with Crippen molar-refractivity contribution < 1.29 is 29.1 Å². The number of amides is 1. The number of aliphatic hydroxyl groups is 1. The van der Waals surface area contributed by atoms with Gasteiger partial charge in [-0.25, -0.2) is 4.79 Å². The van der Waals surface area contributed by atoms with Gasteiger partial charge >= 0.3 is 5.97 Å². The van der Waals surface area contributed by atoms with Crippen molar-refractivity contribution in [2.75, 3.05) is 6.26 Å². The topological polar surface area (TPSA) is 110 Å². The summed E-state index contributed by atoms with van der Waals surface area (Å²) in [6, 6.07) is 6.44. The smallest absolute Gasteiger partial charge is 0.357 e. The number of nitrogens with zero attached hydrogens (tertiary/aromatic N) is 1. The molecule has 2 N–H and O–H groups in total. The van der Waals surface area contributed by atoms with E-state index in [9.17, 15) is 24.4 Å². The van der Waals surface area contributed by atoms with Gasteiger partial charge in [0.05, 0.1) is 12.0 Å². The van der Waals surface area contributed by atoms with Gasteiger partial charge in [-0.15, -0.1) is 0 Å². The summed E-state index contributed by atoms with van der Waals surface area (Å²) in [4.78, 5) is 25.4. The van der Waals surface area contributed by atoms with E-state index < -0.39 is 40.4 Å². The van der Waals surface area contributed by atoms with E-state index >= 15 is 0 Å². The number of aliphatic hydroxyl groups excluding tert-OH is 1. The zero-order valence-electron chi connectivity index (χ0n) is 12.8. The largest absolute Gasteiger partial charge is 0.612 e. The molecule has 2 heterocycles. The zero-order valence-corrected chi connectivity index (χ0v) is 14.5. The molecular weight excluding hydrogens is 354 g/mol. The Morgan fingerprint density at radius 1 is 1.42 bits per heavy atom. The second kappa shape index (κ2) is 6.32. The third-order valence-electron chi connectivity index (χ3n) is 3.83. The van der Waals surface area contributed by atoms with Crippen molar-refractivity contribution in [1.82, 2.24) is 4.90 Å². The lowest BCUT2D eigenvalue weighted by Gasteiger charge is -2.43. The number of carboxylic acids is 1. The van der Waals surface area contributed by atoms with Crippen molar-refractivity contribution >= 4 is 34.8 Å². The van der Waals surface area contributed by atoms with Crippen LogP contribution in [-0.4, -0.2) is 49.3 Å². The van der Waals surface area contributed by atoms with Crippen molar-refractivity contribution in [3.8, 4) is 5.75 Å². The molecule has 0 aromatic heterocycles. The molecule has 128 valence electrons. The standard InChI is InChI=1S/C15H15NO6S2/c1-7(17)10-12(18)16-11(14(19)20)15(23-13(10)16)22-8-3-5-9(6-4-8)24(2)21/h3-7,10,13,17H,1-2H3,(H,19,20)/t7-,10+,13?,24?/m1/s1. The minimum Gasteiger partial charge on any atom is -0.612 e. The lowest BCUT2D eigenvalue weighted by atomic mass is 9.92. The number of aliphatic carboxylic acids is 1. The maximum atomic E-state index is 12.1. The molecule has 24 heavy (non-hydrogen) atoms. The highest BCUT2D eigenvalue weighted by Gasteiger charge is 2.58. The predicted molar refractivity (Wildman–Crippen MR) is 87.5 cm³/mol. The molecule has 0 saturated carbocycles. The molecule has 7 nitrogen and oxygen atoms in total. The molecule has 9 heteroatoms. The highest BCUT2D eigenvalue weighted by Crippen LogP contribution is 2.50. The summed E-state index contributed by atoms with van der Waals surface area (Å²) in [6.07, 6.45) is 0.694. The van der Waals surface area contributed by atoms with Crippen LogP contribution in [-0.2, 0) is 20.8 Å². The first-order chi connectivity index (χ1) is 11.3. The fourth-order valence-electron chi connectivity index (χ4n) is 2.63. The molecule has 1 fully saturated rings. The van der Waals surface area contributed by atoms with Gasteiger partial charge in [0.25, 0.3) is 0 Å². The maximum Gasteiger partial charge on any atom is 0.357 e. The van der Waals surface area contributed by atoms with Crippen molar-refractivity contribution in [3.05, 3.63) is 35.1 Å². The van der Waals surface area contributed by atoms with Gasteiger partial charge < -0.3 is 19.5 Å². The van der Waals surface area contributed by atoms with Crippen LogP contribution >= 0.6 is 11.8 Å². The van der Waals surface area contributed by atoms with Gasteiger partial charge in [0, 0.05) is 0 Å². The molecule has 2 aliphatic rings. The van der Waals surface area contributed by atoms with Crippen LogP contribution < -0.4 is 4.74 Å². The third-order valence-corrected chi connectivity index (χ3v) is 6.01. The van der Waals surface area contributed by atoms with Gasteiger partial charge in [0.1, 0.15) is 17.4 Å². The number of hydrogen-bond acceptors (Lipinski definition) is 6. The quantitative estimate of drug-likeness (QED) is 0.588. The molecule has 0 radical (unpaired) electrons. The number of β-lactam (4-membered cyclic amide) rings is 1. The molecule has 0 aliphatic carbocycles. The first-order valence-electron chi connectivity index (χ1n) is 7.08. The normalized spacial score (nSPS) is 25.2. The van der Waals surface area contributed by atoms with Crippen molar-refractivity contribution in [2.24, 2.45) is 5.92 Å². The number of carbonyl (C=O) groups is 2. The van der Waals surface area contributed by atoms with E-state index in [0.29, 0.717) is 10.6 Å². The SMILES string of the molecule is C[C@@H](O)[C@H]1C(=O)N2C(C(=O)O)=C(Oc3ccc([S+](C)[O-])cc3)SC12. The van der Waals surface area contributed by atoms with Crippen LogP contribution in [0.1, 0.15) is 6.92 Å². The Morgan fingerprint density at radius 2 is 2.04 bits per heavy atom. The third kappa shape index (κ3) is 2.77. The molecule has 1 saturated heterocycles. The number of benzene rings is 1. The summed E-state index contributed by atoms with van der Waals surface area (Å²) in [5.41, 5.74) is -0.213. The van der Waals surface area contributed by atoms with Gasteiger partial charge in [0.2, 0.25) is 5.91 Å². The lowest BCUT2D eigenvalue weighted by molar-refractivity contribution is -0.156. The second-order valence-corrected chi connectivity index (χ2v) is 7.92. The molecule has 1 amide bonds. The summed E-state index contributed by atoms with van der Waals surface area (Å²) in [7, 11) is 0. The summed E-state index contributed by atoms with van der Waals surface area (Å²) in [5, 5.41) is 18.7. The van der Waals surface area contributed by atoms with Crippen LogP contribution in [0.4, 0.5) is 0 Å². The fraction of sp³-hybridized carbons (Fsp3) is 0.333. The van der Waals surface area contributed by atoms with Crippen LogP contribution in [0.15, 0.2) is 39.9 Å². The van der Waals surface area contributed by atoms with Gasteiger partial charge in [-0.2, -0.15) is 0 Å². The van der Waals surface area contributed by atoms with E-state index in [1.807, 2.05) is 0 Å². The number of rotatable bonds is 5. The van der Waals surface area contributed by atoms with Crippen LogP contribution in [0.25, 0.3) is 0 Å². The first kappa shape index (κ1) is 17.2. The number of carbonyl (C=O) groups excluding carboxylic acids is 1. The highest BCUT2D eigenvalue weighted by molar-refractivity contribution is 8.03. The Labute approximate surface area is 145 Å². The number of carboxylic acid groups (broad SMARTS) is 1. The van der Waals surface area contributed by atoms with Crippen LogP contribution in [0.3, 0.4) is 0 Å². The summed E-state index contributed by atoms with van der Waals surface area (Å²) in [6.45, 7) is 1.50. The van der Waals surface area contributed by atoms with Crippen molar-refractivity contribution in [3.63, 3.8) is 0 Å². The average Bonchev–Trinajstić information content (AvgIpc) is 2.81. The van der Waals surface area contributed by atoms with Crippen LogP contribution in [0.2, 0.25) is 0 Å². The molecule has 0 spiro atoms. The summed E-state index contributed by atoms with van der Waals surface area (Å²) >= 11 is -0.0152. The average molecular weight is 369 g/mol. The number of ether oxygens (including phenoxy) is 1. The highest BCUT2D eigenvalue weighted by atomic mass is 32.2. The van der Waals surface area contributed by atoms with E-state index in [0.717, 1.165) is 16.7 Å². The van der Waals surface area contributed by atoms with Gasteiger partial charge in [-0.05, 0) is 42.4 Å². The molecule has 0 bridgehead atoms. The van der Waals surface area contributed by atoms with E-state index in [4.69, 9.17) is 4.74 Å². The minimum absolute atomic E-state index is 0.106. The van der Waals surface area contributed by atoms with E-state index in [2.05, 4.69) is 0 Å². The van der Waals surface area contributed by atoms with Crippen molar-refractivity contribution in [1.29, 1.82) is 0 Å². The number of hydrogen-bond donors (Lipinski definition) is 2. The van der Waals surface area contributed by atoms with Gasteiger partial charge in [0.15, 0.2) is 15.7 Å². The Kier molecular flexibility index (Phi) is 4.52. The summed E-state index contributed by atoms with van der Waals surface area (Å²) in [5.74, 6) is -1.94. The van der Waals surface area contributed by atoms with E-state index in [1.54, 1.807) is 30.5 Å². The number of thioether (sulfide) groups is 1. The fourth-order valence-corrected chi connectivity index (χ4v) is 4.61. The minimum atomic E-state index is -1.26. The Morgan fingerprint density at radius 3 is 2.54 bits per heavy atom. The number of fused-ring (bicyclic) bond motifs is 1. The monoisotopic (exact) mass is 369 g/mol. The maximum absolute atomic E-state index is 12.1. The predicted octanol–water partition coefficient (Wildman–Crippen LogP) is 0.969. The second-order valence-electron chi connectivity index (χ2n) is 5.45. The van der Waals surface area contributed by atoms with Gasteiger partial charge in [-0.3, -0.25) is 9.69 Å². The lowest BCUT2D eigenvalue weighted by Crippen LogP contribution is -2.60. The molecule has 1 aromatic rings. The Bertz CT molecular complexity index is 715. The molecule has 2 aliphatic heterocycles. The summed E-state index contributed by atoms with van der Waals surface area (Å²) < 4.78 is 17.0. The molecule has 4 atom stereocenters.